The maximum atomic E-state index is 12.9. The van der Waals surface area contributed by atoms with Crippen molar-refractivity contribution in [1.29, 1.82) is 0 Å². The summed E-state index contributed by atoms with van der Waals surface area (Å²) in [5.74, 6) is 0.167. The zero-order valence-electron chi connectivity index (χ0n) is 13.5. The van der Waals surface area contributed by atoms with Crippen LogP contribution in [0.25, 0.3) is 11.4 Å². The van der Waals surface area contributed by atoms with Gasteiger partial charge in [0.1, 0.15) is 11.4 Å². The maximum Gasteiger partial charge on any atom is 0.416 e. The van der Waals surface area contributed by atoms with Gasteiger partial charge in [0.25, 0.3) is 0 Å². The monoisotopic (exact) mass is 433 g/mol. The minimum Gasteiger partial charge on any atom is -0.436 e. The van der Waals surface area contributed by atoms with Crippen LogP contribution in [0.1, 0.15) is 11.3 Å². The summed E-state index contributed by atoms with van der Waals surface area (Å²) in [6.45, 7) is 1.58. The molecule has 0 N–H and O–H groups in total. The van der Waals surface area contributed by atoms with Crippen LogP contribution < -0.4 is 4.74 Å². The molecule has 0 atom stereocenters. The maximum absolute atomic E-state index is 12.9. The van der Waals surface area contributed by atoms with Gasteiger partial charge in [-0.05, 0) is 25.1 Å². The minimum absolute atomic E-state index is 0.0256. The normalized spacial score (nSPS) is 11.5. The molecular formula is C17H9Cl3F3N3O. The number of hydrogen-bond acceptors (Lipinski definition) is 4. The van der Waals surface area contributed by atoms with E-state index in [2.05, 4.69) is 15.2 Å². The van der Waals surface area contributed by atoms with E-state index in [0.29, 0.717) is 5.69 Å². The van der Waals surface area contributed by atoms with E-state index in [1.165, 1.54) is 24.3 Å². The summed E-state index contributed by atoms with van der Waals surface area (Å²) in [6.07, 6.45) is -4.49. The molecule has 140 valence electrons. The fourth-order valence-corrected chi connectivity index (χ4v) is 2.68. The Morgan fingerprint density at radius 3 is 2.33 bits per heavy atom. The van der Waals surface area contributed by atoms with Gasteiger partial charge in [-0.2, -0.15) is 18.2 Å². The van der Waals surface area contributed by atoms with E-state index in [0.717, 1.165) is 12.1 Å². The molecule has 3 aromatic rings. The number of alkyl halides is 3. The Balaban J connectivity index is 2.00. The number of benzene rings is 2. The molecule has 0 aliphatic heterocycles. The van der Waals surface area contributed by atoms with Gasteiger partial charge in [-0.25, -0.2) is 0 Å². The van der Waals surface area contributed by atoms with Gasteiger partial charge in [-0.15, -0.1) is 10.2 Å². The summed E-state index contributed by atoms with van der Waals surface area (Å²) in [5.41, 5.74) is -0.366. The zero-order chi connectivity index (χ0) is 19.8. The SMILES string of the molecule is Cc1nnc(-c2cccc(C(F)(F)F)c2)nc1Oc1cc(Cl)c(Cl)cc1Cl. The molecule has 4 nitrogen and oxygen atoms in total. The summed E-state index contributed by atoms with van der Waals surface area (Å²) >= 11 is 17.9. The van der Waals surface area contributed by atoms with Gasteiger partial charge in [0.2, 0.25) is 5.88 Å². The van der Waals surface area contributed by atoms with Crippen LogP contribution in [-0.4, -0.2) is 15.2 Å². The van der Waals surface area contributed by atoms with E-state index < -0.39 is 11.7 Å². The molecule has 0 saturated carbocycles. The van der Waals surface area contributed by atoms with Crippen molar-refractivity contribution in [1.82, 2.24) is 15.2 Å². The summed E-state index contributed by atoms with van der Waals surface area (Å²) in [7, 11) is 0. The van der Waals surface area contributed by atoms with E-state index in [1.807, 2.05) is 0 Å². The molecule has 1 heterocycles. The van der Waals surface area contributed by atoms with Gasteiger partial charge in [0.15, 0.2) is 5.82 Å². The minimum atomic E-state index is -4.49. The van der Waals surface area contributed by atoms with Gasteiger partial charge in [-0.1, -0.05) is 46.9 Å². The molecule has 0 bridgehead atoms. The van der Waals surface area contributed by atoms with Crippen LogP contribution >= 0.6 is 34.8 Å². The number of rotatable bonds is 3. The predicted octanol–water partition coefficient (Wildman–Crippen LogP) is 6.62. The lowest BCUT2D eigenvalue weighted by atomic mass is 10.1. The lowest BCUT2D eigenvalue weighted by Gasteiger charge is -2.11. The first-order chi connectivity index (χ1) is 12.6. The molecule has 0 saturated heterocycles. The topological polar surface area (TPSA) is 47.9 Å². The second-order valence-electron chi connectivity index (χ2n) is 5.40. The second kappa shape index (κ2) is 7.50. The van der Waals surface area contributed by atoms with Crippen LogP contribution in [0, 0.1) is 6.92 Å². The van der Waals surface area contributed by atoms with Crippen LogP contribution in [0.4, 0.5) is 13.2 Å². The molecule has 2 aromatic carbocycles. The Morgan fingerprint density at radius 2 is 1.63 bits per heavy atom. The Bertz CT molecular complexity index is 1010. The fraction of sp³-hybridized carbons (Fsp3) is 0.118. The van der Waals surface area contributed by atoms with E-state index in [-0.39, 0.29) is 38.1 Å². The molecule has 1 aromatic heterocycles. The molecule has 10 heteroatoms. The number of ether oxygens (including phenoxy) is 1. The van der Waals surface area contributed by atoms with Crippen molar-refractivity contribution in [3.8, 4) is 23.0 Å². The number of halogens is 6. The van der Waals surface area contributed by atoms with E-state index in [4.69, 9.17) is 39.5 Å². The van der Waals surface area contributed by atoms with E-state index >= 15 is 0 Å². The lowest BCUT2D eigenvalue weighted by molar-refractivity contribution is -0.137. The highest BCUT2D eigenvalue weighted by molar-refractivity contribution is 6.43. The smallest absolute Gasteiger partial charge is 0.416 e. The number of aromatic nitrogens is 3. The summed E-state index contributed by atoms with van der Waals surface area (Å²) < 4.78 is 44.4. The first-order valence-corrected chi connectivity index (χ1v) is 8.50. The van der Waals surface area contributed by atoms with Crippen LogP contribution in [-0.2, 0) is 6.18 Å². The van der Waals surface area contributed by atoms with Gasteiger partial charge < -0.3 is 4.74 Å². The van der Waals surface area contributed by atoms with Crippen LogP contribution in [0.5, 0.6) is 11.6 Å². The lowest BCUT2D eigenvalue weighted by Crippen LogP contribution is -2.05. The van der Waals surface area contributed by atoms with E-state index in [9.17, 15) is 13.2 Å². The molecule has 0 unspecified atom stereocenters. The first-order valence-electron chi connectivity index (χ1n) is 7.36. The van der Waals surface area contributed by atoms with Gasteiger partial charge in [0, 0.05) is 11.6 Å². The first kappa shape index (κ1) is 19.7. The van der Waals surface area contributed by atoms with Crippen LogP contribution in [0.3, 0.4) is 0 Å². The third-order valence-corrected chi connectivity index (χ3v) is 4.46. The van der Waals surface area contributed by atoms with Crippen molar-refractivity contribution in [3.05, 3.63) is 62.7 Å². The molecule has 3 rings (SSSR count). The average Bonchev–Trinajstić information content (AvgIpc) is 2.61. The molecule has 0 aliphatic rings. The Labute approximate surface area is 166 Å². The van der Waals surface area contributed by atoms with Crippen molar-refractivity contribution < 1.29 is 17.9 Å². The predicted molar refractivity (Wildman–Crippen MR) is 96.5 cm³/mol. The second-order valence-corrected chi connectivity index (χ2v) is 6.62. The number of nitrogens with zero attached hydrogens (tertiary/aromatic N) is 3. The van der Waals surface area contributed by atoms with Crippen LogP contribution in [0.2, 0.25) is 15.1 Å². The van der Waals surface area contributed by atoms with Crippen molar-refractivity contribution in [3.63, 3.8) is 0 Å². The van der Waals surface area contributed by atoms with Gasteiger partial charge >= 0.3 is 6.18 Å². The summed E-state index contributed by atoms with van der Waals surface area (Å²) in [4.78, 5) is 4.16. The molecule has 0 fully saturated rings. The highest BCUT2D eigenvalue weighted by Gasteiger charge is 2.30. The van der Waals surface area contributed by atoms with Gasteiger partial charge in [-0.3, -0.25) is 0 Å². The van der Waals surface area contributed by atoms with Crippen molar-refractivity contribution in [2.24, 2.45) is 0 Å². The molecule has 0 aliphatic carbocycles. The molecule has 0 amide bonds. The van der Waals surface area contributed by atoms with E-state index in [1.54, 1.807) is 6.92 Å². The average molecular weight is 435 g/mol. The number of aryl methyl sites for hydroxylation is 1. The standard InChI is InChI=1S/C17H9Cl3F3N3O/c1-8-16(27-14-7-12(19)11(18)6-13(14)20)24-15(26-25-8)9-3-2-4-10(5-9)17(21,22)23/h2-7H,1H3. The van der Waals surface area contributed by atoms with Crippen molar-refractivity contribution in [2.45, 2.75) is 13.1 Å². The van der Waals surface area contributed by atoms with Gasteiger partial charge in [0.05, 0.1) is 20.6 Å². The Kier molecular flexibility index (Phi) is 5.46. The third kappa shape index (κ3) is 4.43. The molecule has 0 radical (unpaired) electrons. The largest absolute Gasteiger partial charge is 0.436 e. The third-order valence-electron chi connectivity index (χ3n) is 3.44. The highest BCUT2D eigenvalue weighted by atomic mass is 35.5. The van der Waals surface area contributed by atoms with Crippen molar-refractivity contribution >= 4 is 34.8 Å². The molecule has 0 spiro atoms. The summed E-state index contributed by atoms with van der Waals surface area (Å²) in [6, 6.07) is 7.39. The van der Waals surface area contributed by atoms with Crippen molar-refractivity contribution in [2.75, 3.05) is 0 Å². The fourth-order valence-electron chi connectivity index (χ4n) is 2.10. The zero-order valence-corrected chi connectivity index (χ0v) is 15.7. The summed E-state index contributed by atoms with van der Waals surface area (Å²) in [5, 5.41) is 8.38. The highest BCUT2D eigenvalue weighted by Crippen LogP contribution is 2.37. The Morgan fingerprint density at radius 1 is 0.926 bits per heavy atom. The quantitative estimate of drug-likeness (QED) is 0.435. The Hall–Kier alpha value is -2.09. The molecular weight excluding hydrogens is 426 g/mol. The number of hydrogen-bond donors (Lipinski definition) is 0. The van der Waals surface area contributed by atoms with Crippen LogP contribution in [0.15, 0.2) is 36.4 Å². The molecule has 27 heavy (non-hydrogen) atoms.